The van der Waals surface area contributed by atoms with E-state index in [1.54, 1.807) is 36.8 Å². The van der Waals surface area contributed by atoms with Gasteiger partial charge in [-0.2, -0.15) is 0 Å². The molecule has 6 amide bonds. The predicted molar refractivity (Wildman–Crippen MR) is 240 cm³/mol. The number of hydrogen-bond donors (Lipinski definition) is 4. The number of nitrogens with one attached hydrogen (secondary N) is 4. The maximum atomic E-state index is 13.2. The summed E-state index contributed by atoms with van der Waals surface area (Å²) in [7, 11) is 0. The lowest BCUT2D eigenvalue weighted by atomic mass is 10.0. The second-order valence-corrected chi connectivity index (χ2v) is 16.3. The van der Waals surface area contributed by atoms with Crippen molar-refractivity contribution in [1.29, 1.82) is 0 Å². The predicted octanol–water partition coefficient (Wildman–Crippen LogP) is 5.84. The van der Waals surface area contributed by atoms with Gasteiger partial charge in [0.05, 0.1) is 5.69 Å². The Morgan fingerprint density at radius 3 is 2.42 bits per heavy atom. The summed E-state index contributed by atoms with van der Waals surface area (Å²) in [6, 6.07) is 23.3. The molecule has 3 aliphatic heterocycles. The van der Waals surface area contributed by atoms with Gasteiger partial charge in [-0.3, -0.25) is 44.0 Å². The molecule has 1 atom stereocenters. The summed E-state index contributed by atoms with van der Waals surface area (Å²) < 4.78 is 0. The number of rotatable bonds is 15. The number of pyridine rings is 1. The monoisotopic (exact) mass is 862 g/mol. The SMILES string of the molecule is Cc1ccc(NC(=O)c2ccc(CN3CCN(C(=O)CCCCCC(=O)Nc4cccc5c4CN(C4CCC(=O)NC4=O)C5=O)CC3)cc2)cc1Nc1nccc(-c2cccnc2)n1. The Balaban J connectivity index is 0.727. The minimum absolute atomic E-state index is 0.115. The van der Waals surface area contributed by atoms with Crippen LogP contribution in [0.3, 0.4) is 0 Å². The van der Waals surface area contributed by atoms with Crippen LogP contribution in [0.4, 0.5) is 23.0 Å². The van der Waals surface area contributed by atoms with E-state index in [0.29, 0.717) is 72.9 Å². The molecule has 3 aliphatic rings. The highest BCUT2D eigenvalue weighted by Crippen LogP contribution is 2.33. The fourth-order valence-electron chi connectivity index (χ4n) is 8.24. The quantitative estimate of drug-likeness (QED) is 0.0729. The summed E-state index contributed by atoms with van der Waals surface area (Å²) in [6.45, 7) is 5.64. The highest BCUT2D eigenvalue weighted by molar-refractivity contribution is 6.07. The molecule has 0 saturated carbocycles. The maximum Gasteiger partial charge on any atom is 0.255 e. The summed E-state index contributed by atoms with van der Waals surface area (Å²) in [5.74, 6) is -0.964. The highest BCUT2D eigenvalue weighted by Gasteiger charge is 2.40. The zero-order chi connectivity index (χ0) is 44.6. The van der Waals surface area contributed by atoms with Gasteiger partial charge in [-0.1, -0.05) is 30.7 Å². The molecule has 2 fully saturated rings. The topological polar surface area (TPSA) is 199 Å². The Bertz CT molecular complexity index is 2560. The number of hydrogen-bond acceptors (Lipinski definition) is 11. The second kappa shape index (κ2) is 19.8. The van der Waals surface area contributed by atoms with Crippen molar-refractivity contribution in [3.8, 4) is 11.3 Å². The van der Waals surface area contributed by atoms with E-state index in [1.807, 2.05) is 72.5 Å². The molecule has 5 heterocycles. The highest BCUT2D eigenvalue weighted by atomic mass is 16.2. The molecule has 64 heavy (non-hydrogen) atoms. The van der Waals surface area contributed by atoms with Crippen molar-refractivity contribution in [3.05, 3.63) is 125 Å². The normalized spacial score (nSPS) is 16.3. The largest absolute Gasteiger partial charge is 0.340 e. The van der Waals surface area contributed by atoms with E-state index >= 15 is 0 Å². The van der Waals surface area contributed by atoms with Crippen LogP contribution in [-0.4, -0.2) is 97.3 Å². The van der Waals surface area contributed by atoms with Gasteiger partial charge in [0, 0.05) is 116 Å². The first-order valence-corrected chi connectivity index (χ1v) is 21.7. The van der Waals surface area contributed by atoms with Gasteiger partial charge in [0.1, 0.15) is 6.04 Å². The van der Waals surface area contributed by atoms with Gasteiger partial charge in [-0.15, -0.1) is 0 Å². The van der Waals surface area contributed by atoms with Crippen LogP contribution >= 0.6 is 0 Å². The number of nitrogens with zero attached hydrogens (tertiary/aromatic N) is 6. The molecule has 2 saturated heterocycles. The van der Waals surface area contributed by atoms with Crippen molar-refractivity contribution >= 4 is 58.5 Å². The van der Waals surface area contributed by atoms with E-state index in [2.05, 4.69) is 41.1 Å². The summed E-state index contributed by atoms with van der Waals surface area (Å²) in [5.41, 5.74) is 7.27. The van der Waals surface area contributed by atoms with E-state index in [0.717, 1.165) is 47.6 Å². The number of amides is 6. The van der Waals surface area contributed by atoms with Crippen molar-refractivity contribution in [2.24, 2.45) is 0 Å². The third-order valence-electron chi connectivity index (χ3n) is 11.9. The van der Waals surface area contributed by atoms with Gasteiger partial charge >= 0.3 is 0 Å². The molecule has 0 aliphatic carbocycles. The summed E-state index contributed by atoms with van der Waals surface area (Å²) in [5, 5.41) is 11.5. The number of benzene rings is 3. The molecular weight excluding hydrogens is 813 g/mol. The molecule has 2 aromatic heterocycles. The maximum absolute atomic E-state index is 13.2. The zero-order valence-corrected chi connectivity index (χ0v) is 35.6. The van der Waals surface area contributed by atoms with Crippen molar-refractivity contribution in [2.45, 2.75) is 71.0 Å². The van der Waals surface area contributed by atoms with Crippen LogP contribution in [0.2, 0.25) is 0 Å². The van der Waals surface area contributed by atoms with Crippen LogP contribution in [0.5, 0.6) is 0 Å². The molecular formula is C48H50N10O6. The summed E-state index contributed by atoms with van der Waals surface area (Å²) in [6.07, 6.45) is 8.32. The molecule has 1 unspecified atom stereocenters. The average Bonchev–Trinajstić information content (AvgIpc) is 3.64. The molecule has 0 spiro atoms. The van der Waals surface area contributed by atoms with Gasteiger partial charge in [0.25, 0.3) is 11.8 Å². The van der Waals surface area contributed by atoms with Crippen molar-refractivity contribution in [1.82, 2.24) is 35.0 Å². The first-order valence-electron chi connectivity index (χ1n) is 21.7. The molecule has 16 heteroatoms. The van der Waals surface area contributed by atoms with Crippen molar-refractivity contribution < 1.29 is 28.8 Å². The minimum atomic E-state index is -0.725. The number of fused-ring (bicyclic) bond motifs is 1. The second-order valence-electron chi connectivity index (χ2n) is 16.3. The number of unbranched alkanes of at least 4 members (excludes halogenated alkanes) is 2. The number of imide groups is 1. The van der Waals surface area contributed by atoms with Gasteiger partial charge in [-0.05, 0) is 91.9 Å². The minimum Gasteiger partial charge on any atom is -0.340 e. The molecule has 0 bridgehead atoms. The van der Waals surface area contributed by atoms with E-state index in [9.17, 15) is 28.8 Å². The number of carbonyl (C=O) groups excluding carboxylic acids is 6. The molecule has 16 nitrogen and oxygen atoms in total. The van der Waals surface area contributed by atoms with Crippen LogP contribution in [0, 0.1) is 6.92 Å². The standard InChI is InChI=1S/C48H50N10O6/c1-31-12-17-35(27-40(31)54-48-50-22-20-38(53-48)34-7-6-21-49-28-34)51-45(62)33-15-13-32(14-16-33)29-56-23-25-57(26-24-56)44(61)11-4-2-3-10-42(59)52-39-9-5-8-36-37(39)30-58(47(36)64)41-18-19-43(60)55-46(41)63/h5-9,12-17,20-22,27-28,41H,2-4,10-11,18-19,23-26,29-30H2,1H3,(H,51,62)(H,52,59)(H,50,53,54)(H,55,60,63). The zero-order valence-electron chi connectivity index (χ0n) is 35.6. The number of aromatic nitrogens is 3. The molecule has 4 N–H and O–H groups in total. The molecule has 0 radical (unpaired) electrons. The third kappa shape index (κ3) is 10.5. The van der Waals surface area contributed by atoms with E-state index < -0.39 is 11.9 Å². The third-order valence-corrected chi connectivity index (χ3v) is 11.9. The average molecular weight is 863 g/mol. The first kappa shape index (κ1) is 43.3. The van der Waals surface area contributed by atoms with Gasteiger partial charge in [0.2, 0.25) is 29.6 Å². The van der Waals surface area contributed by atoms with Crippen LogP contribution in [0.15, 0.2) is 97.5 Å². The van der Waals surface area contributed by atoms with E-state index in [1.165, 1.54) is 4.90 Å². The summed E-state index contributed by atoms with van der Waals surface area (Å²) >= 11 is 0. The van der Waals surface area contributed by atoms with Gasteiger partial charge in [-0.25, -0.2) is 9.97 Å². The van der Waals surface area contributed by atoms with Crippen molar-refractivity contribution in [3.63, 3.8) is 0 Å². The first-order chi connectivity index (χ1) is 31.1. The van der Waals surface area contributed by atoms with Gasteiger partial charge in [0.15, 0.2) is 0 Å². The van der Waals surface area contributed by atoms with Crippen molar-refractivity contribution in [2.75, 3.05) is 42.1 Å². The smallest absolute Gasteiger partial charge is 0.255 e. The number of piperazine rings is 1. The Hall–Kier alpha value is -7.33. The van der Waals surface area contributed by atoms with Crippen LogP contribution in [-0.2, 0) is 32.3 Å². The number of anilines is 4. The number of carbonyl (C=O) groups is 6. The van der Waals surface area contributed by atoms with Crippen LogP contribution < -0.4 is 21.3 Å². The lowest BCUT2D eigenvalue weighted by molar-refractivity contribution is -0.137. The molecule has 328 valence electrons. The summed E-state index contributed by atoms with van der Waals surface area (Å²) in [4.78, 5) is 95.1. The van der Waals surface area contributed by atoms with Crippen LogP contribution in [0.1, 0.15) is 82.4 Å². The fourth-order valence-corrected chi connectivity index (χ4v) is 8.24. The molecule has 5 aromatic rings. The van der Waals surface area contributed by atoms with Crippen LogP contribution in [0.25, 0.3) is 11.3 Å². The van der Waals surface area contributed by atoms with Gasteiger partial charge < -0.3 is 25.8 Å². The lowest BCUT2D eigenvalue weighted by Crippen LogP contribution is -2.52. The van der Waals surface area contributed by atoms with E-state index in [4.69, 9.17) is 0 Å². The number of aryl methyl sites for hydroxylation is 1. The lowest BCUT2D eigenvalue weighted by Gasteiger charge is -2.35. The Kier molecular flexibility index (Phi) is 13.4. The fraction of sp³-hybridized carbons (Fsp3) is 0.312. The molecule has 3 aromatic carbocycles. The Morgan fingerprint density at radius 2 is 1.64 bits per heavy atom. The van der Waals surface area contributed by atoms with E-state index in [-0.39, 0.29) is 55.3 Å². The molecule has 8 rings (SSSR count). The Morgan fingerprint density at radius 1 is 0.828 bits per heavy atom. The number of piperidine rings is 1. The Labute approximate surface area is 370 Å².